The summed E-state index contributed by atoms with van der Waals surface area (Å²) in [6.07, 6.45) is 8.18. The van der Waals surface area contributed by atoms with E-state index in [2.05, 4.69) is 25.7 Å². The van der Waals surface area contributed by atoms with Gasteiger partial charge < -0.3 is 10.6 Å². The molecule has 2 fully saturated rings. The number of carbonyl (C=O) groups excluding carboxylic acids is 1. The summed E-state index contributed by atoms with van der Waals surface area (Å²) >= 11 is 0. The lowest BCUT2D eigenvalue weighted by Gasteiger charge is -2.44. The maximum Gasteiger partial charge on any atom is 0.227 e. The van der Waals surface area contributed by atoms with Crippen molar-refractivity contribution >= 4 is 5.91 Å². The molecule has 0 bridgehead atoms. The molecule has 0 aromatic rings. The van der Waals surface area contributed by atoms with Gasteiger partial charge in [0.2, 0.25) is 5.91 Å². The van der Waals surface area contributed by atoms with Gasteiger partial charge >= 0.3 is 0 Å². The highest BCUT2D eigenvalue weighted by Crippen LogP contribution is 2.39. The second kappa shape index (κ2) is 6.46. The summed E-state index contributed by atoms with van der Waals surface area (Å²) in [5.41, 5.74) is 6.72. The highest BCUT2D eigenvalue weighted by atomic mass is 16.2. The minimum atomic E-state index is 0.0690. The summed E-state index contributed by atoms with van der Waals surface area (Å²) in [5, 5.41) is 0. The van der Waals surface area contributed by atoms with Gasteiger partial charge in [-0.2, -0.15) is 0 Å². The van der Waals surface area contributed by atoms with E-state index in [0.29, 0.717) is 17.2 Å². The minimum Gasteiger partial charge on any atom is -0.342 e. The fraction of sp³-hybridized carbons (Fsp3) is 0.941. The zero-order chi connectivity index (χ0) is 14.8. The first-order valence-corrected chi connectivity index (χ1v) is 8.57. The van der Waals surface area contributed by atoms with Gasteiger partial charge in [-0.05, 0) is 37.0 Å². The van der Waals surface area contributed by atoms with E-state index in [1.165, 1.54) is 32.1 Å². The zero-order valence-electron chi connectivity index (χ0n) is 13.5. The Hall–Kier alpha value is -0.570. The van der Waals surface area contributed by atoms with Gasteiger partial charge in [-0.25, -0.2) is 0 Å². The summed E-state index contributed by atoms with van der Waals surface area (Å²) < 4.78 is 0. The predicted molar refractivity (Wildman–Crippen MR) is 83.3 cm³/mol. The van der Waals surface area contributed by atoms with Gasteiger partial charge in [0.1, 0.15) is 0 Å². The molecule has 3 nitrogen and oxygen atoms in total. The van der Waals surface area contributed by atoms with Crippen LogP contribution in [0, 0.1) is 17.3 Å². The van der Waals surface area contributed by atoms with Crippen LogP contribution in [0.4, 0.5) is 0 Å². The third-order valence-corrected chi connectivity index (χ3v) is 6.19. The molecule has 1 saturated carbocycles. The summed E-state index contributed by atoms with van der Waals surface area (Å²) in [5.74, 6) is 0.861. The Kier molecular flexibility index (Phi) is 5.11. The first-order valence-electron chi connectivity index (χ1n) is 8.57. The molecule has 0 aromatic heterocycles. The van der Waals surface area contributed by atoms with Crippen LogP contribution in [0.1, 0.15) is 65.7 Å². The Morgan fingerprint density at radius 2 is 1.80 bits per heavy atom. The Balaban J connectivity index is 1.97. The van der Waals surface area contributed by atoms with Crippen molar-refractivity contribution in [1.82, 2.24) is 4.90 Å². The van der Waals surface area contributed by atoms with Crippen molar-refractivity contribution in [3.63, 3.8) is 0 Å². The zero-order valence-corrected chi connectivity index (χ0v) is 13.5. The first-order chi connectivity index (χ1) is 9.53. The van der Waals surface area contributed by atoms with Crippen molar-refractivity contribution < 1.29 is 4.79 Å². The van der Waals surface area contributed by atoms with E-state index in [-0.39, 0.29) is 12.0 Å². The average molecular weight is 280 g/mol. The predicted octanol–water partition coefficient (Wildman–Crippen LogP) is 3.18. The lowest BCUT2D eigenvalue weighted by molar-refractivity contribution is -0.141. The van der Waals surface area contributed by atoms with Crippen LogP contribution >= 0.6 is 0 Å². The largest absolute Gasteiger partial charge is 0.342 e. The van der Waals surface area contributed by atoms with E-state index >= 15 is 0 Å². The molecule has 3 unspecified atom stereocenters. The summed E-state index contributed by atoms with van der Waals surface area (Å²) in [4.78, 5) is 14.9. The molecule has 1 amide bonds. The van der Waals surface area contributed by atoms with Crippen molar-refractivity contribution in [2.24, 2.45) is 23.0 Å². The first kappa shape index (κ1) is 15.8. The Morgan fingerprint density at radius 3 is 2.30 bits per heavy atom. The van der Waals surface area contributed by atoms with E-state index in [1.54, 1.807) is 0 Å². The van der Waals surface area contributed by atoms with E-state index in [9.17, 15) is 4.79 Å². The number of rotatable bonds is 3. The molecule has 1 aliphatic carbocycles. The van der Waals surface area contributed by atoms with E-state index in [1.807, 2.05) is 0 Å². The average Bonchev–Trinajstić information content (AvgIpc) is 2.47. The van der Waals surface area contributed by atoms with Crippen LogP contribution in [0.25, 0.3) is 0 Å². The lowest BCUT2D eigenvalue weighted by Crippen LogP contribution is -2.52. The molecule has 20 heavy (non-hydrogen) atoms. The third-order valence-electron chi connectivity index (χ3n) is 6.19. The molecule has 2 N–H and O–H groups in total. The lowest BCUT2D eigenvalue weighted by atomic mass is 9.73. The number of likely N-dealkylation sites (tertiary alicyclic amines) is 1. The Bertz CT molecular complexity index is 318. The van der Waals surface area contributed by atoms with Crippen LogP contribution in [0.5, 0.6) is 0 Å². The number of amides is 1. The highest BCUT2D eigenvalue weighted by molar-refractivity contribution is 5.80. The molecule has 0 aromatic carbocycles. The highest BCUT2D eigenvalue weighted by Gasteiger charge is 2.39. The fourth-order valence-electron chi connectivity index (χ4n) is 4.25. The summed E-state index contributed by atoms with van der Waals surface area (Å²) in [6, 6.07) is 0.0790. The van der Waals surface area contributed by atoms with Crippen molar-refractivity contribution in [3.05, 3.63) is 0 Å². The van der Waals surface area contributed by atoms with Gasteiger partial charge in [0, 0.05) is 19.1 Å². The van der Waals surface area contributed by atoms with Gasteiger partial charge in [0.05, 0.1) is 5.92 Å². The van der Waals surface area contributed by atoms with Gasteiger partial charge in [0.15, 0.2) is 0 Å². The minimum absolute atomic E-state index is 0.0690. The summed E-state index contributed by atoms with van der Waals surface area (Å²) in [7, 11) is 0. The van der Waals surface area contributed by atoms with E-state index in [4.69, 9.17) is 5.73 Å². The number of hydrogen-bond donors (Lipinski definition) is 1. The van der Waals surface area contributed by atoms with Crippen LogP contribution in [0.15, 0.2) is 0 Å². The molecular weight excluding hydrogens is 248 g/mol. The van der Waals surface area contributed by atoms with Crippen LogP contribution in [-0.2, 0) is 4.79 Å². The number of hydrogen-bond acceptors (Lipinski definition) is 2. The number of nitrogens with two attached hydrogens (primary N) is 1. The van der Waals surface area contributed by atoms with Crippen molar-refractivity contribution in [1.29, 1.82) is 0 Å². The van der Waals surface area contributed by atoms with Crippen molar-refractivity contribution in [2.75, 3.05) is 13.1 Å². The topological polar surface area (TPSA) is 46.3 Å². The van der Waals surface area contributed by atoms with Crippen LogP contribution in [-0.4, -0.2) is 29.9 Å². The molecule has 0 spiro atoms. The maximum atomic E-state index is 12.8. The van der Waals surface area contributed by atoms with Gasteiger partial charge in [0.25, 0.3) is 0 Å². The smallest absolute Gasteiger partial charge is 0.227 e. The van der Waals surface area contributed by atoms with Crippen LogP contribution in [0.3, 0.4) is 0 Å². The number of nitrogens with zero attached hydrogens (tertiary/aromatic N) is 1. The standard InChI is InChI=1S/C17H32N2O/c1-4-17(5-2)9-11-19(12-10-17)16(20)15-13(3)7-6-8-14(15)18/h13-15H,4-12,18H2,1-3H3. The molecule has 116 valence electrons. The molecule has 3 atom stereocenters. The van der Waals surface area contributed by atoms with Crippen LogP contribution < -0.4 is 5.73 Å². The normalized spacial score (nSPS) is 34.0. The summed E-state index contributed by atoms with van der Waals surface area (Å²) in [6.45, 7) is 8.67. The number of carbonyl (C=O) groups is 1. The molecule has 0 radical (unpaired) electrons. The van der Waals surface area contributed by atoms with Gasteiger partial charge in [-0.1, -0.05) is 40.0 Å². The van der Waals surface area contributed by atoms with Gasteiger partial charge in [-0.15, -0.1) is 0 Å². The Labute approximate surface area is 124 Å². The third kappa shape index (κ3) is 3.03. The molecule has 3 heteroatoms. The van der Waals surface area contributed by atoms with E-state index in [0.717, 1.165) is 25.9 Å². The quantitative estimate of drug-likeness (QED) is 0.863. The van der Waals surface area contributed by atoms with Crippen LogP contribution in [0.2, 0.25) is 0 Å². The van der Waals surface area contributed by atoms with Crippen molar-refractivity contribution in [3.8, 4) is 0 Å². The molecule has 1 saturated heterocycles. The number of piperidine rings is 1. The molecular formula is C17H32N2O. The fourth-order valence-corrected chi connectivity index (χ4v) is 4.25. The maximum absolute atomic E-state index is 12.8. The van der Waals surface area contributed by atoms with E-state index < -0.39 is 0 Å². The Morgan fingerprint density at radius 1 is 1.20 bits per heavy atom. The van der Waals surface area contributed by atoms with Crippen molar-refractivity contribution in [2.45, 2.75) is 71.8 Å². The second-order valence-corrected chi connectivity index (χ2v) is 7.13. The SMILES string of the molecule is CCC1(CC)CCN(C(=O)C2C(C)CCCC2N)CC1. The van der Waals surface area contributed by atoms with Gasteiger partial charge in [-0.3, -0.25) is 4.79 Å². The molecule has 2 rings (SSSR count). The molecule has 1 aliphatic heterocycles. The molecule has 2 aliphatic rings. The molecule has 1 heterocycles. The monoisotopic (exact) mass is 280 g/mol. The second-order valence-electron chi connectivity index (χ2n) is 7.13.